The average Bonchev–Trinajstić information content (AvgIpc) is 1.69. The van der Waals surface area contributed by atoms with Crippen LogP contribution in [0.25, 0.3) is 0 Å². The second-order valence-electron chi connectivity index (χ2n) is 1.50. The Labute approximate surface area is 42.4 Å². The van der Waals surface area contributed by atoms with Crippen molar-refractivity contribution in [1.82, 2.24) is 0 Å². The molecule has 0 amide bonds. The van der Waals surface area contributed by atoms with E-state index in [-0.39, 0.29) is 5.76 Å². The fourth-order valence-corrected chi connectivity index (χ4v) is 0.510. The summed E-state index contributed by atoms with van der Waals surface area (Å²) < 4.78 is 4.86. The minimum absolute atomic E-state index is 0.214. The Morgan fingerprint density at radius 2 is 2.57 bits per heavy atom. The number of ether oxygens (including phenoxy) is 1. The smallest absolute Gasteiger partial charge is 0.156 e. The van der Waals surface area contributed by atoms with Crippen LogP contribution in [0.2, 0.25) is 0 Å². The summed E-state index contributed by atoms with van der Waals surface area (Å²) in [6, 6.07) is 0. The lowest BCUT2D eigenvalue weighted by atomic mass is 10.3. The minimum atomic E-state index is 0.214. The van der Waals surface area contributed by atoms with E-state index in [1.165, 1.54) is 0 Å². The molecular formula is C5H7O2. The molecule has 0 saturated carbocycles. The first-order valence-corrected chi connectivity index (χ1v) is 2.33. The average molecular weight is 99.1 g/mol. The summed E-state index contributed by atoms with van der Waals surface area (Å²) in [7, 11) is 0. The fraction of sp³-hybridized carbons (Fsp3) is 0.600. The van der Waals surface area contributed by atoms with E-state index in [4.69, 9.17) is 4.74 Å². The van der Waals surface area contributed by atoms with Gasteiger partial charge in [-0.1, -0.05) is 0 Å². The van der Waals surface area contributed by atoms with Crippen LogP contribution in [0.15, 0.2) is 11.8 Å². The lowest BCUT2D eigenvalue weighted by molar-refractivity contribution is 0.123. The molecule has 7 heavy (non-hydrogen) atoms. The molecule has 0 aromatic rings. The monoisotopic (exact) mass is 99.0 g/mol. The molecule has 39 valence electrons. The Bertz CT molecular complexity index is 86.1. The van der Waals surface area contributed by atoms with E-state index in [1.807, 2.05) is 0 Å². The van der Waals surface area contributed by atoms with Crippen molar-refractivity contribution in [2.24, 2.45) is 0 Å². The lowest BCUT2D eigenvalue weighted by Crippen LogP contribution is -2.02. The van der Waals surface area contributed by atoms with E-state index >= 15 is 0 Å². The van der Waals surface area contributed by atoms with Crippen molar-refractivity contribution in [3.63, 3.8) is 0 Å². The highest BCUT2D eigenvalue weighted by Crippen LogP contribution is 2.02. The summed E-state index contributed by atoms with van der Waals surface area (Å²) in [6.45, 7) is 1.12. The van der Waals surface area contributed by atoms with Gasteiger partial charge in [0, 0.05) is 6.42 Å². The molecule has 1 aliphatic heterocycles. The Kier molecular flexibility index (Phi) is 1.32. The van der Waals surface area contributed by atoms with Crippen LogP contribution in [0, 0.1) is 0 Å². The lowest BCUT2D eigenvalue weighted by Gasteiger charge is -2.03. The maximum Gasteiger partial charge on any atom is 0.156 e. The Morgan fingerprint density at radius 1 is 1.71 bits per heavy atom. The van der Waals surface area contributed by atoms with Gasteiger partial charge in [0.1, 0.15) is 0 Å². The van der Waals surface area contributed by atoms with E-state index < -0.39 is 0 Å². The normalized spacial score (nSPS) is 21.4. The Morgan fingerprint density at radius 3 is 2.86 bits per heavy atom. The van der Waals surface area contributed by atoms with Gasteiger partial charge in [-0.25, -0.2) is 0 Å². The van der Waals surface area contributed by atoms with Gasteiger partial charge >= 0.3 is 0 Å². The number of rotatable bonds is 0. The van der Waals surface area contributed by atoms with Crippen LogP contribution in [0.3, 0.4) is 0 Å². The van der Waals surface area contributed by atoms with E-state index in [0.717, 1.165) is 0 Å². The van der Waals surface area contributed by atoms with Crippen molar-refractivity contribution in [3.05, 3.63) is 11.8 Å². The zero-order valence-electron chi connectivity index (χ0n) is 4.02. The van der Waals surface area contributed by atoms with Crippen molar-refractivity contribution in [3.8, 4) is 0 Å². The Balaban J connectivity index is 2.40. The third-order valence-electron chi connectivity index (χ3n) is 0.922. The molecule has 0 aliphatic carbocycles. The number of hydrogen-bond donors (Lipinski definition) is 0. The standard InChI is InChI=1S/C5H7O2/c6-5-1-3-7-4-2-5/h1H,2-4H2. The van der Waals surface area contributed by atoms with Crippen LogP contribution in [-0.2, 0) is 9.84 Å². The highest BCUT2D eigenvalue weighted by Gasteiger charge is 2.00. The predicted octanol–water partition coefficient (Wildman–Crippen LogP) is 0.721. The van der Waals surface area contributed by atoms with Crippen LogP contribution in [0.1, 0.15) is 6.42 Å². The molecule has 2 heteroatoms. The van der Waals surface area contributed by atoms with Crippen molar-refractivity contribution in [2.75, 3.05) is 13.2 Å². The topological polar surface area (TPSA) is 29.1 Å². The molecule has 0 aromatic carbocycles. The third-order valence-corrected chi connectivity index (χ3v) is 0.922. The van der Waals surface area contributed by atoms with E-state index in [1.54, 1.807) is 6.08 Å². The molecule has 1 rings (SSSR count). The van der Waals surface area contributed by atoms with Crippen molar-refractivity contribution >= 4 is 0 Å². The minimum Gasteiger partial charge on any atom is -0.377 e. The molecular weight excluding hydrogens is 92.1 g/mol. The highest BCUT2D eigenvalue weighted by atomic mass is 16.5. The summed E-state index contributed by atoms with van der Waals surface area (Å²) in [6.07, 6.45) is 2.14. The second kappa shape index (κ2) is 1.98. The van der Waals surface area contributed by atoms with Gasteiger partial charge in [-0.05, 0) is 6.08 Å². The first-order chi connectivity index (χ1) is 3.39. The third kappa shape index (κ3) is 1.20. The van der Waals surface area contributed by atoms with Gasteiger partial charge in [0.15, 0.2) is 5.76 Å². The van der Waals surface area contributed by atoms with Crippen molar-refractivity contribution in [2.45, 2.75) is 6.42 Å². The van der Waals surface area contributed by atoms with Gasteiger partial charge in [0.05, 0.1) is 13.2 Å². The van der Waals surface area contributed by atoms with Gasteiger partial charge in [-0.15, -0.1) is 0 Å². The van der Waals surface area contributed by atoms with Gasteiger partial charge in [0.2, 0.25) is 0 Å². The van der Waals surface area contributed by atoms with Gasteiger partial charge in [-0.2, -0.15) is 0 Å². The summed E-state index contributed by atoms with van der Waals surface area (Å²) in [5.41, 5.74) is 0. The van der Waals surface area contributed by atoms with Crippen LogP contribution < -0.4 is 0 Å². The molecule has 0 atom stereocenters. The first kappa shape index (κ1) is 4.65. The molecule has 0 aromatic heterocycles. The quantitative estimate of drug-likeness (QED) is 0.440. The van der Waals surface area contributed by atoms with Gasteiger partial charge in [-0.3, -0.25) is 5.11 Å². The maximum absolute atomic E-state index is 10.3. The molecule has 0 unspecified atom stereocenters. The maximum atomic E-state index is 10.3. The van der Waals surface area contributed by atoms with Gasteiger partial charge < -0.3 is 4.74 Å². The summed E-state index contributed by atoms with van der Waals surface area (Å²) >= 11 is 0. The number of hydrogen-bond acceptors (Lipinski definition) is 1. The zero-order chi connectivity index (χ0) is 5.11. The largest absolute Gasteiger partial charge is 0.377 e. The van der Waals surface area contributed by atoms with Gasteiger partial charge in [0.25, 0.3) is 0 Å². The molecule has 1 radical (unpaired) electrons. The van der Waals surface area contributed by atoms with E-state index in [9.17, 15) is 5.11 Å². The van der Waals surface area contributed by atoms with Crippen LogP contribution in [-0.4, -0.2) is 13.2 Å². The fourth-order valence-electron chi connectivity index (χ4n) is 0.510. The molecule has 1 aliphatic rings. The van der Waals surface area contributed by atoms with Crippen molar-refractivity contribution in [1.29, 1.82) is 0 Å². The molecule has 0 saturated heterocycles. The van der Waals surface area contributed by atoms with Crippen LogP contribution in [0.5, 0.6) is 0 Å². The summed E-state index contributed by atoms with van der Waals surface area (Å²) in [5, 5.41) is 10.3. The van der Waals surface area contributed by atoms with Crippen LogP contribution in [0.4, 0.5) is 0 Å². The van der Waals surface area contributed by atoms with Crippen molar-refractivity contribution < 1.29 is 9.84 Å². The summed E-state index contributed by atoms with van der Waals surface area (Å²) in [5.74, 6) is 0.214. The Hall–Kier alpha value is -0.500. The van der Waals surface area contributed by atoms with Crippen LogP contribution >= 0.6 is 0 Å². The summed E-state index contributed by atoms with van der Waals surface area (Å²) in [4.78, 5) is 0. The van der Waals surface area contributed by atoms with E-state index in [2.05, 4.69) is 0 Å². The molecule has 0 N–H and O–H groups in total. The zero-order valence-corrected chi connectivity index (χ0v) is 4.02. The molecule has 0 spiro atoms. The highest BCUT2D eigenvalue weighted by molar-refractivity contribution is 4.92. The molecule has 0 fully saturated rings. The first-order valence-electron chi connectivity index (χ1n) is 2.33. The predicted molar refractivity (Wildman–Crippen MR) is 24.2 cm³/mol. The molecule has 1 heterocycles. The molecule has 0 bridgehead atoms. The van der Waals surface area contributed by atoms with E-state index in [0.29, 0.717) is 19.6 Å². The SMILES string of the molecule is [O]C1=CCOCC1. The second-order valence-corrected chi connectivity index (χ2v) is 1.50. The molecule has 2 nitrogen and oxygen atoms in total.